The standard InChI is InChI=1S/C16H19AsN4O3.ClH/c1-16(2,23)15-19-12-13(17)18-8-21(14(12)20-15)7-9-4-5-11(24-3)10(22)6-9;/h4-6,8,22-23H,7,17H2,1-3H3;1H. The molecular formula is C16H20AsClN4O3. The van der Waals surface area contributed by atoms with Crippen LogP contribution >= 0.6 is 12.4 Å². The Labute approximate surface area is 160 Å². The van der Waals surface area contributed by atoms with Gasteiger partial charge < -0.3 is 0 Å². The third-order valence-electron chi connectivity index (χ3n) is 3.64. The van der Waals surface area contributed by atoms with E-state index in [1.807, 2.05) is 10.6 Å². The molecule has 134 valence electrons. The van der Waals surface area contributed by atoms with Crippen LogP contribution in [0.25, 0.3) is 11.5 Å². The molecular weight excluding hydrogens is 407 g/mol. The summed E-state index contributed by atoms with van der Waals surface area (Å²) < 4.78 is 7.72. The summed E-state index contributed by atoms with van der Waals surface area (Å²) in [5, 5.41) is 20.1. The third kappa shape index (κ3) is 3.89. The van der Waals surface area contributed by atoms with Crippen LogP contribution < -0.4 is 9.22 Å². The SMILES string of the molecule is COc1ccc(Cn2cnc([AsH2])c3nc(C(C)(C)O)nc2-3)cc1O.Cl. The number of aromatic nitrogens is 4. The number of halogens is 1. The van der Waals surface area contributed by atoms with Gasteiger partial charge in [0.05, 0.1) is 0 Å². The Balaban J connectivity index is 0.00000225. The summed E-state index contributed by atoms with van der Waals surface area (Å²) in [7, 11) is 1.51. The van der Waals surface area contributed by atoms with Crippen LogP contribution in [0.2, 0.25) is 0 Å². The molecule has 25 heavy (non-hydrogen) atoms. The maximum atomic E-state index is 10.2. The number of phenols is 1. The summed E-state index contributed by atoms with van der Waals surface area (Å²) >= 11 is 1.35. The number of ether oxygens (including phenoxy) is 1. The normalized spacial score (nSPS) is 11.4. The van der Waals surface area contributed by atoms with Gasteiger partial charge in [0.1, 0.15) is 0 Å². The largest absolute Gasteiger partial charge is 0.147 e. The van der Waals surface area contributed by atoms with E-state index in [4.69, 9.17) is 4.74 Å². The van der Waals surface area contributed by atoms with Crippen molar-refractivity contribution in [1.82, 2.24) is 19.5 Å². The zero-order valence-electron chi connectivity index (χ0n) is 14.1. The van der Waals surface area contributed by atoms with E-state index < -0.39 is 5.60 Å². The second-order valence-electron chi connectivity index (χ2n) is 6.04. The second-order valence-corrected chi connectivity index (χ2v) is 7.19. The number of aromatic hydroxyl groups is 1. The molecule has 2 aliphatic heterocycles. The molecule has 1 aromatic carbocycles. The van der Waals surface area contributed by atoms with Gasteiger partial charge in [-0.3, -0.25) is 0 Å². The van der Waals surface area contributed by atoms with Crippen LogP contribution in [0.15, 0.2) is 24.5 Å². The summed E-state index contributed by atoms with van der Waals surface area (Å²) in [6, 6.07) is 5.23. The molecule has 9 heteroatoms. The third-order valence-corrected chi connectivity index (χ3v) is 4.52. The average molecular weight is 427 g/mol. The molecule has 0 aromatic heterocycles. The minimum atomic E-state index is -1.12. The molecule has 0 bridgehead atoms. The molecule has 1 atom stereocenters. The molecule has 0 saturated carbocycles. The van der Waals surface area contributed by atoms with Crippen LogP contribution in [-0.2, 0) is 12.1 Å². The smallest absolute Gasteiger partial charge is 0.147 e. The van der Waals surface area contributed by atoms with Gasteiger partial charge in [0.2, 0.25) is 0 Å². The fourth-order valence-corrected chi connectivity index (χ4v) is 2.92. The van der Waals surface area contributed by atoms with Gasteiger partial charge in [0.15, 0.2) is 0 Å². The molecule has 0 amide bonds. The zero-order chi connectivity index (χ0) is 17.5. The van der Waals surface area contributed by atoms with E-state index in [2.05, 4.69) is 15.0 Å². The first-order chi connectivity index (χ1) is 11.3. The second kappa shape index (κ2) is 7.20. The van der Waals surface area contributed by atoms with Crippen molar-refractivity contribution in [3.63, 3.8) is 0 Å². The van der Waals surface area contributed by atoms with Crippen molar-refractivity contribution in [3.8, 4) is 23.0 Å². The number of phenolic OH excluding ortho intramolecular Hbond substituents is 1. The molecule has 2 heterocycles. The summed E-state index contributed by atoms with van der Waals surface area (Å²) in [4.78, 5) is 13.3. The van der Waals surface area contributed by atoms with Crippen molar-refractivity contribution in [2.24, 2.45) is 0 Å². The van der Waals surface area contributed by atoms with Gasteiger partial charge in [0.25, 0.3) is 0 Å². The molecule has 0 spiro atoms. The summed E-state index contributed by atoms with van der Waals surface area (Å²) in [5.41, 5.74) is 0.449. The maximum Gasteiger partial charge on any atom is -0.147 e. The topological polar surface area (TPSA) is 93.3 Å². The van der Waals surface area contributed by atoms with E-state index in [0.717, 1.165) is 10.0 Å². The molecule has 1 unspecified atom stereocenters. The van der Waals surface area contributed by atoms with Crippen molar-refractivity contribution < 1.29 is 14.9 Å². The van der Waals surface area contributed by atoms with Gasteiger partial charge in [-0.05, 0) is 0 Å². The Hall–Kier alpha value is -1.82. The number of benzene rings is 1. The Morgan fingerprint density at radius 1 is 1.28 bits per heavy atom. The van der Waals surface area contributed by atoms with E-state index in [-0.39, 0.29) is 18.2 Å². The Bertz CT molecular complexity index is 863. The fourth-order valence-electron chi connectivity index (χ4n) is 2.37. The number of hydrogen-bond donors (Lipinski definition) is 2. The van der Waals surface area contributed by atoms with Crippen molar-refractivity contribution in [2.75, 3.05) is 7.11 Å². The molecule has 0 fully saturated rings. The Morgan fingerprint density at radius 2 is 2.00 bits per heavy atom. The Kier molecular flexibility index (Phi) is 5.61. The number of nitrogens with zero attached hydrogens (tertiary/aromatic N) is 4. The summed E-state index contributed by atoms with van der Waals surface area (Å²) in [5.74, 6) is 1.55. The fraction of sp³-hybridized carbons (Fsp3) is 0.312. The van der Waals surface area contributed by atoms with E-state index in [0.29, 0.717) is 29.6 Å². The van der Waals surface area contributed by atoms with Gasteiger partial charge in [-0.2, -0.15) is 0 Å². The first kappa shape index (κ1) is 19.5. The van der Waals surface area contributed by atoms with Crippen LogP contribution in [0, 0.1) is 0 Å². The van der Waals surface area contributed by atoms with Crippen LogP contribution in [0.5, 0.6) is 11.5 Å². The number of rotatable bonds is 4. The predicted molar refractivity (Wildman–Crippen MR) is 98.9 cm³/mol. The molecule has 7 nitrogen and oxygen atoms in total. The van der Waals surface area contributed by atoms with Crippen molar-refractivity contribution in [1.29, 1.82) is 0 Å². The summed E-state index contributed by atoms with van der Waals surface area (Å²) in [6.07, 6.45) is 1.70. The first-order valence-corrected chi connectivity index (χ1v) is 8.58. The van der Waals surface area contributed by atoms with E-state index in [1.54, 1.807) is 32.3 Å². The predicted octanol–water partition coefficient (Wildman–Crippen LogP) is 0.448. The zero-order valence-corrected chi connectivity index (χ0v) is 17.3. The van der Waals surface area contributed by atoms with Gasteiger partial charge in [-0.15, -0.1) is 12.4 Å². The number of methoxy groups -OCH3 is 1. The first-order valence-electron chi connectivity index (χ1n) is 7.36. The van der Waals surface area contributed by atoms with Crippen LogP contribution in [0.3, 0.4) is 0 Å². The number of fused-ring (bicyclic) bond motifs is 1. The van der Waals surface area contributed by atoms with Gasteiger partial charge in [0, 0.05) is 0 Å². The number of imidazole rings is 1. The van der Waals surface area contributed by atoms with Crippen LogP contribution in [-0.4, -0.2) is 53.7 Å². The molecule has 0 saturated heterocycles. The quantitative estimate of drug-likeness (QED) is 0.588. The van der Waals surface area contributed by atoms with Gasteiger partial charge in [-0.25, -0.2) is 0 Å². The van der Waals surface area contributed by atoms with Crippen molar-refractivity contribution in [2.45, 2.75) is 26.0 Å². The van der Waals surface area contributed by atoms with E-state index >= 15 is 0 Å². The minimum absolute atomic E-state index is 0. The van der Waals surface area contributed by atoms with Gasteiger partial charge >= 0.3 is 148 Å². The number of hydrogen-bond acceptors (Lipinski definition) is 6. The molecule has 2 aliphatic rings. The molecule has 0 radical (unpaired) electrons. The van der Waals surface area contributed by atoms with E-state index in [9.17, 15) is 10.2 Å². The van der Waals surface area contributed by atoms with Crippen molar-refractivity contribution >= 4 is 33.7 Å². The van der Waals surface area contributed by atoms with Crippen LogP contribution in [0.1, 0.15) is 25.2 Å². The molecule has 2 N–H and O–H groups in total. The van der Waals surface area contributed by atoms with E-state index in [1.165, 1.54) is 24.0 Å². The van der Waals surface area contributed by atoms with Crippen molar-refractivity contribution in [3.05, 3.63) is 35.9 Å². The molecule has 1 aromatic rings. The molecule has 0 aliphatic carbocycles. The number of aliphatic hydroxyl groups is 1. The monoisotopic (exact) mass is 426 g/mol. The van der Waals surface area contributed by atoms with Gasteiger partial charge in [-0.1, -0.05) is 0 Å². The van der Waals surface area contributed by atoms with Crippen LogP contribution in [0.4, 0.5) is 0 Å². The molecule has 3 rings (SSSR count). The summed E-state index contributed by atoms with van der Waals surface area (Å²) in [6.45, 7) is 3.78. The average Bonchev–Trinajstić information content (AvgIpc) is 2.97. The minimum Gasteiger partial charge on any atom is -0.147 e. The maximum absolute atomic E-state index is 10.2. The Morgan fingerprint density at radius 3 is 2.60 bits per heavy atom.